The van der Waals surface area contributed by atoms with Gasteiger partial charge in [0.15, 0.2) is 0 Å². The summed E-state index contributed by atoms with van der Waals surface area (Å²) in [4.78, 5) is 2.68. The first kappa shape index (κ1) is 30.6. The van der Waals surface area contributed by atoms with Crippen molar-refractivity contribution in [3.05, 3.63) is 150 Å². The Balaban J connectivity index is 1.08. The van der Waals surface area contributed by atoms with Gasteiger partial charge in [0.1, 0.15) is 0 Å². The first-order valence-corrected chi connectivity index (χ1v) is 21.7. The van der Waals surface area contributed by atoms with Gasteiger partial charge in [-0.2, -0.15) is 0 Å². The van der Waals surface area contributed by atoms with E-state index in [1.54, 1.807) is 22.3 Å². The molecule has 0 amide bonds. The summed E-state index contributed by atoms with van der Waals surface area (Å²) in [6, 6.07) is 50.3. The summed E-state index contributed by atoms with van der Waals surface area (Å²) in [6.07, 6.45) is 13.6. The third-order valence-corrected chi connectivity index (χ3v) is 16.8. The van der Waals surface area contributed by atoms with Crippen molar-refractivity contribution in [2.24, 2.45) is 23.7 Å². The number of hydrogen-bond donors (Lipinski definition) is 0. The molecular formula is C52H45NS. The van der Waals surface area contributed by atoms with Crippen LogP contribution in [0, 0.1) is 23.7 Å². The van der Waals surface area contributed by atoms with Crippen molar-refractivity contribution in [3.63, 3.8) is 0 Å². The summed E-state index contributed by atoms with van der Waals surface area (Å²) >= 11 is 1.92. The Morgan fingerprint density at radius 3 is 1.96 bits per heavy atom. The van der Waals surface area contributed by atoms with Crippen LogP contribution in [0.4, 0.5) is 17.1 Å². The molecule has 7 aliphatic rings. The zero-order valence-corrected chi connectivity index (χ0v) is 31.7. The lowest BCUT2D eigenvalue weighted by Gasteiger charge is -2.61. The van der Waals surface area contributed by atoms with Crippen LogP contribution in [-0.2, 0) is 10.8 Å². The van der Waals surface area contributed by atoms with E-state index in [2.05, 4.69) is 132 Å². The molecule has 6 aromatic carbocycles. The van der Waals surface area contributed by atoms with Gasteiger partial charge in [0, 0.05) is 47.9 Å². The second-order valence-corrected chi connectivity index (χ2v) is 19.0. The molecule has 5 saturated carbocycles. The largest absolute Gasteiger partial charge is 0.310 e. The van der Waals surface area contributed by atoms with E-state index in [9.17, 15) is 0 Å². The van der Waals surface area contributed by atoms with Crippen molar-refractivity contribution < 1.29 is 0 Å². The highest BCUT2D eigenvalue weighted by Gasteiger charge is 2.62. The third kappa shape index (κ3) is 3.86. The molecule has 0 unspecified atom stereocenters. The number of nitrogens with zero attached hydrogens (tertiary/aromatic N) is 1. The highest BCUT2D eigenvalue weighted by atomic mass is 32.1. The average Bonchev–Trinajstić information content (AvgIpc) is 3.82. The molecule has 4 bridgehead atoms. The van der Waals surface area contributed by atoms with Crippen molar-refractivity contribution in [2.45, 2.75) is 75.0 Å². The Labute approximate surface area is 322 Å². The fourth-order valence-corrected chi connectivity index (χ4v) is 15.0. The van der Waals surface area contributed by atoms with Gasteiger partial charge in [-0.3, -0.25) is 0 Å². The minimum Gasteiger partial charge on any atom is -0.310 e. The van der Waals surface area contributed by atoms with Gasteiger partial charge in [-0.25, -0.2) is 0 Å². The lowest BCUT2D eigenvalue weighted by Crippen LogP contribution is -2.55. The predicted octanol–water partition coefficient (Wildman–Crippen LogP) is 14.5. The Morgan fingerprint density at radius 2 is 1.13 bits per heavy atom. The minimum atomic E-state index is 0.106. The molecule has 7 aromatic rings. The number of thiophene rings is 1. The first-order valence-electron chi connectivity index (χ1n) is 20.9. The monoisotopic (exact) mass is 715 g/mol. The molecule has 0 aliphatic heterocycles. The van der Waals surface area contributed by atoms with Crippen molar-refractivity contribution in [2.75, 3.05) is 4.90 Å². The Kier molecular flexibility index (Phi) is 6.23. The van der Waals surface area contributed by atoms with Crippen LogP contribution in [0.1, 0.15) is 86.5 Å². The molecule has 0 saturated heterocycles. The van der Waals surface area contributed by atoms with Gasteiger partial charge in [-0.1, -0.05) is 104 Å². The Bertz CT molecular complexity index is 2660. The number of anilines is 3. The minimum absolute atomic E-state index is 0.106. The van der Waals surface area contributed by atoms with Gasteiger partial charge in [-0.05, 0) is 150 Å². The van der Waals surface area contributed by atoms with Crippen LogP contribution in [0.3, 0.4) is 0 Å². The maximum Gasteiger partial charge on any atom is 0.0543 e. The maximum atomic E-state index is 2.68. The SMILES string of the molecule is c1ccc2c(c1)-c1ccc(N(c3ccc4sc5ccccc5c4c3)c3cccc4c3-c3ccccc3C43C4CC5CC(C4)CC3C5)cc1C21CCCCC1. The van der Waals surface area contributed by atoms with Crippen molar-refractivity contribution in [3.8, 4) is 22.3 Å². The normalized spacial score (nSPS) is 26.4. The smallest absolute Gasteiger partial charge is 0.0543 e. The quantitative estimate of drug-likeness (QED) is 0.176. The summed E-state index contributed by atoms with van der Waals surface area (Å²) in [6.45, 7) is 0. The van der Waals surface area contributed by atoms with Crippen LogP contribution in [0.15, 0.2) is 127 Å². The van der Waals surface area contributed by atoms with Crippen molar-refractivity contribution in [1.29, 1.82) is 0 Å². The van der Waals surface area contributed by atoms with Crippen LogP contribution in [0.5, 0.6) is 0 Å². The zero-order chi connectivity index (χ0) is 35.2. The topological polar surface area (TPSA) is 3.24 Å². The Hall–Kier alpha value is -4.66. The van der Waals surface area contributed by atoms with Crippen molar-refractivity contribution >= 4 is 48.6 Å². The van der Waals surface area contributed by atoms with E-state index in [1.807, 2.05) is 11.3 Å². The van der Waals surface area contributed by atoms with Gasteiger partial charge < -0.3 is 4.90 Å². The highest BCUT2D eigenvalue weighted by Crippen LogP contribution is 2.70. The molecule has 1 heterocycles. The van der Waals surface area contributed by atoms with Gasteiger partial charge in [0.2, 0.25) is 0 Å². The third-order valence-electron chi connectivity index (χ3n) is 15.6. The fraction of sp³-hybridized carbons (Fsp3) is 0.308. The van der Waals surface area contributed by atoms with E-state index >= 15 is 0 Å². The second kappa shape index (κ2) is 11.0. The van der Waals surface area contributed by atoms with E-state index in [1.165, 1.54) is 124 Å². The molecule has 54 heavy (non-hydrogen) atoms. The average molecular weight is 716 g/mol. The fourth-order valence-electron chi connectivity index (χ4n) is 13.9. The number of fused-ring (bicyclic) bond motifs is 11. The van der Waals surface area contributed by atoms with Gasteiger partial charge in [-0.15, -0.1) is 11.3 Å². The number of rotatable bonds is 3. The molecular weight excluding hydrogens is 671 g/mol. The Morgan fingerprint density at radius 1 is 0.481 bits per heavy atom. The van der Waals surface area contributed by atoms with Crippen LogP contribution in [0.25, 0.3) is 42.4 Å². The molecule has 264 valence electrons. The summed E-state index contributed by atoms with van der Waals surface area (Å²) in [5.41, 5.74) is 16.4. The van der Waals surface area contributed by atoms with Crippen molar-refractivity contribution in [1.82, 2.24) is 0 Å². The zero-order valence-electron chi connectivity index (χ0n) is 30.9. The molecule has 7 aliphatic carbocycles. The van der Waals surface area contributed by atoms with Crippen LogP contribution >= 0.6 is 11.3 Å². The molecule has 14 rings (SSSR count). The molecule has 2 heteroatoms. The lowest BCUT2D eigenvalue weighted by molar-refractivity contribution is -0.0399. The predicted molar refractivity (Wildman–Crippen MR) is 227 cm³/mol. The number of hydrogen-bond acceptors (Lipinski definition) is 2. The van der Waals surface area contributed by atoms with Crippen LogP contribution < -0.4 is 4.90 Å². The highest BCUT2D eigenvalue weighted by molar-refractivity contribution is 7.25. The summed E-state index contributed by atoms with van der Waals surface area (Å²) in [5, 5.41) is 2.72. The van der Waals surface area contributed by atoms with Gasteiger partial charge in [0.05, 0.1) is 5.69 Å². The second-order valence-electron chi connectivity index (χ2n) is 18.0. The first-order chi connectivity index (χ1) is 26.7. The van der Waals surface area contributed by atoms with Gasteiger partial charge in [0.25, 0.3) is 0 Å². The van der Waals surface area contributed by atoms with E-state index in [4.69, 9.17) is 0 Å². The lowest BCUT2D eigenvalue weighted by atomic mass is 9.43. The van der Waals surface area contributed by atoms with E-state index in [-0.39, 0.29) is 10.8 Å². The molecule has 0 N–H and O–H groups in total. The van der Waals surface area contributed by atoms with E-state index < -0.39 is 0 Å². The standard InChI is InChI=1S/C52H45NS/c1-8-23-51(24-9-1)43-14-5-2-11-38(43)39-21-19-37(31-46(39)51)53(36-20-22-49-42(30-36)40-12-4-7-18-48(40)54-49)47-17-10-16-45-50(47)41-13-3-6-15-44(41)52(45)34-26-32-25-33(28-34)29-35(52)27-32/h2-7,10-22,30-35H,1,8-9,23-29H2. The molecule has 2 spiro atoms. The van der Waals surface area contributed by atoms with Gasteiger partial charge >= 0.3 is 0 Å². The molecule has 5 fully saturated rings. The van der Waals surface area contributed by atoms with E-state index in [0.717, 1.165) is 23.7 Å². The van der Waals surface area contributed by atoms with Crippen LogP contribution in [-0.4, -0.2) is 0 Å². The summed E-state index contributed by atoms with van der Waals surface area (Å²) in [7, 11) is 0. The van der Waals surface area contributed by atoms with E-state index in [0.29, 0.717) is 0 Å². The van der Waals surface area contributed by atoms with Crippen LogP contribution in [0.2, 0.25) is 0 Å². The maximum absolute atomic E-state index is 2.68. The molecule has 1 aromatic heterocycles. The molecule has 0 atom stereocenters. The number of benzene rings is 6. The molecule has 0 radical (unpaired) electrons. The molecule has 1 nitrogen and oxygen atoms in total. The summed E-state index contributed by atoms with van der Waals surface area (Å²) < 4.78 is 2.73. The summed E-state index contributed by atoms with van der Waals surface area (Å²) in [5.74, 6) is 3.36.